The molecule has 1 atom stereocenters. The number of methoxy groups -OCH3 is 3. The van der Waals surface area contributed by atoms with Gasteiger partial charge in [-0.1, -0.05) is 42.5 Å². The second-order valence-corrected chi connectivity index (χ2v) is 7.95. The van der Waals surface area contributed by atoms with Crippen molar-refractivity contribution in [2.24, 2.45) is 0 Å². The molecule has 0 bridgehead atoms. The fourth-order valence-corrected chi connectivity index (χ4v) is 4.36. The van der Waals surface area contributed by atoms with Gasteiger partial charge in [0, 0.05) is 24.2 Å². The Balaban J connectivity index is 1.60. The van der Waals surface area contributed by atoms with E-state index < -0.39 is 0 Å². The molecule has 176 valence electrons. The van der Waals surface area contributed by atoms with Crippen molar-refractivity contribution in [1.82, 2.24) is 10.2 Å². The van der Waals surface area contributed by atoms with Gasteiger partial charge in [0.15, 0.2) is 11.5 Å². The molecular weight excluding hydrogens is 432 g/mol. The number of fused-ring (bicyclic) bond motifs is 1. The van der Waals surface area contributed by atoms with Gasteiger partial charge >= 0.3 is 0 Å². The Labute approximate surface area is 199 Å². The molecule has 3 aromatic rings. The molecule has 1 aliphatic rings. The van der Waals surface area contributed by atoms with Crippen molar-refractivity contribution in [2.45, 2.75) is 12.5 Å². The van der Waals surface area contributed by atoms with Crippen LogP contribution in [0.15, 0.2) is 66.7 Å². The molecule has 1 heterocycles. The van der Waals surface area contributed by atoms with Gasteiger partial charge in [-0.3, -0.25) is 9.59 Å². The first-order chi connectivity index (χ1) is 16.6. The third-order valence-corrected chi connectivity index (χ3v) is 6.08. The van der Waals surface area contributed by atoms with Crippen LogP contribution in [0.5, 0.6) is 17.2 Å². The number of nitrogens with zero attached hydrogens (tertiary/aromatic N) is 1. The van der Waals surface area contributed by atoms with E-state index in [4.69, 9.17) is 14.2 Å². The van der Waals surface area contributed by atoms with Gasteiger partial charge in [0.05, 0.1) is 27.4 Å². The molecule has 0 saturated carbocycles. The summed E-state index contributed by atoms with van der Waals surface area (Å²) in [5.41, 5.74) is 3.23. The maximum absolute atomic E-state index is 13.3. The molecular formula is C27H28N2O5. The van der Waals surface area contributed by atoms with Crippen LogP contribution in [-0.4, -0.2) is 51.1 Å². The normalized spacial score (nSPS) is 14.7. The van der Waals surface area contributed by atoms with E-state index in [0.29, 0.717) is 34.9 Å². The molecule has 1 N–H and O–H groups in total. The van der Waals surface area contributed by atoms with Crippen LogP contribution < -0.4 is 19.5 Å². The number of carbonyl (C=O) groups is 2. The third-order valence-electron chi connectivity index (χ3n) is 6.08. The minimum absolute atomic E-state index is 0.0536. The van der Waals surface area contributed by atoms with Crippen LogP contribution in [0.25, 0.3) is 0 Å². The predicted octanol–water partition coefficient (Wildman–Crippen LogP) is 3.88. The average molecular weight is 461 g/mol. The number of ether oxygens (including phenoxy) is 3. The van der Waals surface area contributed by atoms with E-state index in [0.717, 1.165) is 12.0 Å². The maximum Gasteiger partial charge on any atom is 0.254 e. The molecule has 1 aliphatic heterocycles. The summed E-state index contributed by atoms with van der Waals surface area (Å²) < 4.78 is 16.1. The average Bonchev–Trinajstić information content (AvgIpc) is 2.90. The predicted molar refractivity (Wildman–Crippen MR) is 129 cm³/mol. The Bertz CT molecular complexity index is 1150. The third kappa shape index (κ3) is 4.55. The highest BCUT2D eigenvalue weighted by molar-refractivity contribution is 5.96. The number of rotatable bonds is 7. The minimum atomic E-state index is -0.297. The highest BCUT2D eigenvalue weighted by Gasteiger charge is 2.31. The summed E-state index contributed by atoms with van der Waals surface area (Å²) in [6.45, 7) is 0.848. The van der Waals surface area contributed by atoms with Crippen LogP contribution in [0.2, 0.25) is 0 Å². The minimum Gasteiger partial charge on any atom is -0.493 e. The van der Waals surface area contributed by atoms with Crippen LogP contribution in [-0.2, 0) is 6.42 Å². The van der Waals surface area contributed by atoms with E-state index in [2.05, 4.69) is 11.4 Å². The molecule has 3 aromatic carbocycles. The maximum atomic E-state index is 13.3. The van der Waals surface area contributed by atoms with Crippen molar-refractivity contribution < 1.29 is 23.8 Å². The lowest BCUT2D eigenvalue weighted by atomic mass is 9.91. The highest BCUT2D eigenvalue weighted by Crippen LogP contribution is 2.38. The lowest BCUT2D eigenvalue weighted by Crippen LogP contribution is -2.45. The molecule has 34 heavy (non-hydrogen) atoms. The zero-order valence-corrected chi connectivity index (χ0v) is 19.5. The fourth-order valence-electron chi connectivity index (χ4n) is 4.36. The molecule has 0 spiro atoms. The lowest BCUT2D eigenvalue weighted by molar-refractivity contribution is 0.0648. The summed E-state index contributed by atoms with van der Waals surface area (Å²) in [6, 6.07) is 20.2. The molecule has 0 aromatic heterocycles. The Morgan fingerprint density at radius 3 is 2.18 bits per heavy atom. The summed E-state index contributed by atoms with van der Waals surface area (Å²) in [6.07, 6.45) is 0.770. The van der Waals surface area contributed by atoms with Crippen LogP contribution >= 0.6 is 0 Å². The lowest BCUT2D eigenvalue weighted by Gasteiger charge is -2.37. The van der Waals surface area contributed by atoms with Crippen LogP contribution in [0, 0.1) is 0 Å². The number of hydrogen-bond acceptors (Lipinski definition) is 5. The van der Waals surface area contributed by atoms with Gasteiger partial charge in [-0.15, -0.1) is 0 Å². The zero-order valence-electron chi connectivity index (χ0n) is 19.5. The standard InChI is InChI=1S/C27H28N2O5/c1-32-23-15-20(16-24(33-2)25(23)34-3)26(30)28-17-22-21-12-8-7-9-18(21)13-14-29(22)27(31)19-10-5-4-6-11-19/h4-12,15-16,22H,13-14,17H2,1-3H3,(H,28,30). The molecule has 0 saturated heterocycles. The molecule has 7 nitrogen and oxygen atoms in total. The van der Waals surface area contributed by atoms with E-state index in [1.54, 1.807) is 12.1 Å². The molecule has 7 heteroatoms. The number of amides is 2. The van der Waals surface area contributed by atoms with Crippen molar-refractivity contribution in [1.29, 1.82) is 0 Å². The van der Waals surface area contributed by atoms with Crippen LogP contribution in [0.1, 0.15) is 37.9 Å². The van der Waals surface area contributed by atoms with Crippen LogP contribution in [0.3, 0.4) is 0 Å². The first-order valence-corrected chi connectivity index (χ1v) is 11.1. The Morgan fingerprint density at radius 1 is 0.882 bits per heavy atom. The fraction of sp³-hybridized carbons (Fsp3) is 0.259. The number of nitrogens with one attached hydrogen (secondary N) is 1. The largest absolute Gasteiger partial charge is 0.493 e. The van der Waals surface area contributed by atoms with Crippen molar-refractivity contribution in [3.8, 4) is 17.2 Å². The van der Waals surface area contributed by atoms with Gasteiger partial charge in [-0.2, -0.15) is 0 Å². The second-order valence-electron chi connectivity index (χ2n) is 7.95. The monoisotopic (exact) mass is 460 g/mol. The zero-order chi connectivity index (χ0) is 24.1. The molecule has 0 aliphatic carbocycles. The van der Waals surface area contributed by atoms with Gasteiger partial charge < -0.3 is 24.4 Å². The van der Waals surface area contributed by atoms with E-state index in [-0.39, 0.29) is 24.4 Å². The van der Waals surface area contributed by atoms with E-state index in [1.165, 1.54) is 26.9 Å². The van der Waals surface area contributed by atoms with Gasteiger partial charge in [0.2, 0.25) is 5.75 Å². The molecule has 2 amide bonds. The van der Waals surface area contributed by atoms with Crippen molar-refractivity contribution in [3.05, 3.63) is 89.0 Å². The first-order valence-electron chi connectivity index (χ1n) is 11.1. The quantitative estimate of drug-likeness (QED) is 0.579. The molecule has 4 rings (SSSR count). The SMILES string of the molecule is COc1cc(C(=O)NCC2c3ccccc3CCN2C(=O)c2ccccc2)cc(OC)c1OC. The van der Waals surface area contributed by atoms with E-state index in [9.17, 15) is 9.59 Å². The Kier molecular flexibility index (Phi) is 7.01. The Morgan fingerprint density at radius 2 is 1.53 bits per heavy atom. The molecule has 0 radical (unpaired) electrons. The number of carbonyl (C=O) groups excluding carboxylic acids is 2. The summed E-state index contributed by atoms with van der Waals surface area (Å²) in [7, 11) is 4.52. The summed E-state index contributed by atoms with van der Waals surface area (Å²) in [5, 5.41) is 3.00. The van der Waals surface area contributed by atoms with Gasteiger partial charge in [-0.25, -0.2) is 0 Å². The number of hydrogen-bond donors (Lipinski definition) is 1. The van der Waals surface area contributed by atoms with Crippen LogP contribution in [0.4, 0.5) is 0 Å². The van der Waals surface area contributed by atoms with E-state index >= 15 is 0 Å². The second kappa shape index (κ2) is 10.3. The van der Waals surface area contributed by atoms with Crippen molar-refractivity contribution >= 4 is 11.8 Å². The van der Waals surface area contributed by atoms with Gasteiger partial charge in [0.25, 0.3) is 11.8 Å². The van der Waals surface area contributed by atoms with Gasteiger partial charge in [0.1, 0.15) is 0 Å². The molecule has 0 fully saturated rings. The van der Waals surface area contributed by atoms with E-state index in [1.807, 2.05) is 53.4 Å². The summed E-state index contributed by atoms with van der Waals surface area (Å²) >= 11 is 0. The topological polar surface area (TPSA) is 77.1 Å². The van der Waals surface area contributed by atoms with Gasteiger partial charge in [-0.05, 0) is 41.8 Å². The number of benzene rings is 3. The molecule has 1 unspecified atom stereocenters. The summed E-state index contributed by atoms with van der Waals surface area (Å²) in [5.74, 6) is 0.866. The highest BCUT2D eigenvalue weighted by atomic mass is 16.5. The Hall–Kier alpha value is -4.00. The summed E-state index contributed by atoms with van der Waals surface area (Å²) in [4.78, 5) is 28.3. The van der Waals surface area contributed by atoms with Crippen molar-refractivity contribution in [3.63, 3.8) is 0 Å². The first kappa shape index (κ1) is 23.2. The smallest absolute Gasteiger partial charge is 0.254 e. The van der Waals surface area contributed by atoms with Crippen molar-refractivity contribution in [2.75, 3.05) is 34.4 Å².